The molecule has 0 aromatic rings. The molecule has 5 saturated carbocycles. The van der Waals surface area contributed by atoms with E-state index in [-0.39, 0.29) is 5.60 Å². The molecule has 1 N–H and O–H groups in total. The van der Waals surface area contributed by atoms with E-state index in [0.29, 0.717) is 5.92 Å². The summed E-state index contributed by atoms with van der Waals surface area (Å²) in [5.74, 6) is 5.20. The van der Waals surface area contributed by atoms with Crippen molar-refractivity contribution in [1.29, 1.82) is 0 Å². The molecule has 0 spiro atoms. The van der Waals surface area contributed by atoms with Crippen molar-refractivity contribution in [2.24, 2.45) is 35.5 Å². The van der Waals surface area contributed by atoms with Gasteiger partial charge in [-0.1, -0.05) is 13.5 Å². The van der Waals surface area contributed by atoms with Gasteiger partial charge in [0.05, 0.1) is 5.60 Å². The third kappa shape index (κ3) is 1.17. The lowest BCUT2D eigenvalue weighted by atomic mass is 9.57. The monoisotopic (exact) mass is 248 g/mol. The van der Waals surface area contributed by atoms with Crippen molar-refractivity contribution < 1.29 is 9.84 Å². The van der Waals surface area contributed by atoms with E-state index in [4.69, 9.17) is 4.74 Å². The summed E-state index contributed by atoms with van der Waals surface area (Å²) in [5, 5.41) is 9.90. The molecule has 8 atom stereocenters. The van der Waals surface area contributed by atoms with Crippen LogP contribution in [0.3, 0.4) is 0 Å². The standard InChI is InChI=1S/C16H24O2/c1-3-14(17)18-16(4-2)12-8-10-5-9-6-11(12)15(10)13(16)7-9/h3,9-15,17H,1,4-8H2,2H3. The number of aliphatic hydroxyl groups excluding tert-OH is 1. The van der Waals surface area contributed by atoms with Gasteiger partial charge in [0.15, 0.2) is 6.29 Å². The fourth-order valence-corrected chi connectivity index (χ4v) is 6.51. The summed E-state index contributed by atoms with van der Waals surface area (Å²) in [4.78, 5) is 0. The van der Waals surface area contributed by atoms with Crippen molar-refractivity contribution in [3.05, 3.63) is 12.7 Å². The fraction of sp³-hybridized carbons (Fsp3) is 0.875. The number of rotatable bonds is 4. The summed E-state index contributed by atoms with van der Waals surface area (Å²) in [6.07, 6.45) is 7.46. The smallest absolute Gasteiger partial charge is 0.174 e. The zero-order valence-corrected chi connectivity index (χ0v) is 11.2. The Morgan fingerprint density at radius 1 is 1.33 bits per heavy atom. The Hall–Kier alpha value is -0.340. The lowest BCUT2D eigenvalue weighted by Crippen LogP contribution is -2.51. The van der Waals surface area contributed by atoms with E-state index < -0.39 is 6.29 Å². The van der Waals surface area contributed by atoms with Crippen LogP contribution in [0.1, 0.15) is 39.0 Å². The summed E-state index contributed by atoms with van der Waals surface area (Å²) in [6, 6.07) is 0. The van der Waals surface area contributed by atoms with E-state index in [2.05, 4.69) is 13.5 Å². The average Bonchev–Trinajstić information content (AvgIpc) is 2.76. The van der Waals surface area contributed by atoms with Gasteiger partial charge >= 0.3 is 0 Å². The maximum atomic E-state index is 9.90. The highest BCUT2D eigenvalue weighted by atomic mass is 16.6. The quantitative estimate of drug-likeness (QED) is 0.612. The normalized spacial score (nSPS) is 57.2. The van der Waals surface area contributed by atoms with E-state index in [9.17, 15) is 5.11 Å². The summed E-state index contributed by atoms with van der Waals surface area (Å²) >= 11 is 0. The van der Waals surface area contributed by atoms with Gasteiger partial charge in [0, 0.05) is 0 Å². The molecule has 100 valence electrons. The van der Waals surface area contributed by atoms with Crippen molar-refractivity contribution in [3.63, 3.8) is 0 Å². The van der Waals surface area contributed by atoms with E-state index in [1.54, 1.807) is 0 Å². The third-order valence-corrected chi connectivity index (χ3v) is 6.76. The maximum absolute atomic E-state index is 9.90. The van der Waals surface area contributed by atoms with Crippen LogP contribution in [-0.4, -0.2) is 17.0 Å². The van der Waals surface area contributed by atoms with Crippen LogP contribution in [0.25, 0.3) is 0 Å². The number of aliphatic hydroxyl groups is 1. The molecule has 2 heteroatoms. The molecule has 8 unspecified atom stereocenters. The molecule has 0 aromatic carbocycles. The predicted octanol–water partition coefficient (Wildman–Crippen LogP) is 2.97. The van der Waals surface area contributed by atoms with E-state index >= 15 is 0 Å². The van der Waals surface area contributed by atoms with Crippen LogP contribution in [0, 0.1) is 35.5 Å². The van der Waals surface area contributed by atoms with Gasteiger partial charge in [0.2, 0.25) is 0 Å². The van der Waals surface area contributed by atoms with Crippen molar-refractivity contribution in [1.82, 2.24) is 0 Å². The number of hydrogen-bond donors (Lipinski definition) is 1. The summed E-state index contributed by atoms with van der Waals surface area (Å²) < 4.78 is 6.15. The molecule has 5 aliphatic carbocycles. The number of hydrogen-bond acceptors (Lipinski definition) is 2. The molecule has 0 heterocycles. The van der Waals surface area contributed by atoms with E-state index in [1.807, 2.05) is 0 Å². The van der Waals surface area contributed by atoms with Gasteiger partial charge in [0.1, 0.15) is 0 Å². The van der Waals surface area contributed by atoms with Crippen LogP contribution in [0.4, 0.5) is 0 Å². The zero-order valence-electron chi connectivity index (χ0n) is 11.2. The van der Waals surface area contributed by atoms with Gasteiger partial charge in [-0.2, -0.15) is 0 Å². The highest BCUT2D eigenvalue weighted by Crippen LogP contribution is 2.73. The lowest BCUT2D eigenvalue weighted by molar-refractivity contribution is -0.215. The molecular formula is C16H24O2. The third-order valence-electron chi connectivity index (χ3n) is 6.76. The maximum Gasteiger partial charge on any atom is 0.174 e. The Labute approximate surface area is 109 Å². The van der Waals surface area contributed by atoms with Crippen LogP contribution in [0.5, 0.6) is 0 Å². The first-order chi connectivity index (χ1) is 8.69. The van der Waals surface area contributed by atoms with Crippen LogP contribution in [-0.2, 0) is 4.74 Å². The molecule has 0 amide bonds. The summed E-state index contributed by atoms with van der Waals surface area (Å²) in [7, 11) is 0. The molecule has 5 aliphatic rings. The molecular weight excluding hydrogens is 224 g/mol. The Kier molecular flexibility index (Phi) is 2.30. The highest BCUT2D eigenvalue weighted by Gasteiger charge is 2.71. The second-order valence-electron chi connectivity index (χ2n) is 7.08. The Morgan fingerprint density at radius 3 is 2.83 bits per heavy atom. The molecule has 0 saturated heterocycles. The first-order valence-electron chi connectivity index (χ1n) is 7.68. The second-order valence-corrected chi connectivity index (χ2v) is 7.08. The number of ether oxygens (including phenoxy) is 1. The van der Waals surface area contributed by atoms with Gasteiger partial charge in [-0.05, 0) is 73.7 Å². The molecule has 5 fully saturated rings. The van der Waals surface area contributed by atoms with Gasteiger partial charge < -0.3 is 9.84 Å². The first-order valence-corrected chi connectivity index (χ1v) is 7.68. The second kappa shape index (κ2) is 3.61. The minimum absolute atomic E-state index is 0.0331. The summed E-state index contributed by atoms with van der Waals surface area (Å²) in [6.45, 7) is 5.91. The van der Waals surface area contributed by atoms with Gasteiger partial charge in [-0.15, -0.1) is 0 Å². The predicted molar refractivity (Wildman–Crippen MR) is 69.7 cm³/mol. The fourth-order valence-electron chi connectivity index (χ4n) is 6.51. The van der Waals surface area contributed by atoms with E-state index in [1.165, 1.54) is 31.8 Å². The Bertz CT molecular complexity index is 373. The Morgan fingerprint density at radius 2 is 2.17 bits per heavy atom. The molecule has 0 radical (unpaired) electrons. The molecule has 0 aliphatic heterocycles. The van der Waals surface area contributed by atoms with Gasteiger partial charge in [-0.25, -0.2) is 0 Å². The van der Waals surface area contributed by atoms with Crippen LogP contribution >= 0.6 is 0 Å². The van der Waals surface area contributed by atoms with Crippen molar-refractivity contribution in [2.75, 3.05) is 0 Å². The topological polar surface area (TPSA) is 29.5 Å². The minimum atomic E-state index is -0.776. The van der Waals surface area contributed by atoms with Crippen LogP contribution < -0.4 is 0 Å². The van der Waals surface area contributed by atoms with E-state index in [0.717, 1.165) is 36.0 Å². The zero-order chi connectivity index (χ0) is 12.5. The minimum Gasteiger partial charge on any atom is -0.365 e. The molecule has 5 rings (SSSR count). The van der Waals surface area contributed by atoms with Crippen molar-refractivity contribution >= 4 is 0 Å². The molecule has 0 aromatic heterocycles. The molecule has 2 nitrogen and oxygen atoms in total. The molecule has 6 bridgehead atoms. The Balaban J connectivity index is 1.71. The average molecular weight is 248 g/mol. The van der Waals surface area contributed by atoms with Crippen molar-refractivity contribution in [2.45, 2.75) is 50.9 Å². The molecule has 18 heavy (non-hydrogen) atoms. The summed E-state index contributed by atoms with van der Waals surface area (Å²) in [5.41, 5.74) is -0.0331. The SMILES string of the molecule is C=CC(O)OC1(CC)C2CC3CC4CC2C3C1C4. The lowest BCUT2D eigenvalue weighted by Gasteiger charge is -2.51. The van der Waals surface area contributed by atoms with Crippen LogP contribution in [0.15, 0.2) is 12.7 Å². The van der Waals surface area contributed by atoms with Crippen LogP contribution in [0.2, 0.25) is 0 Å². The van der Waals surface area contributed by atoms with Gasteiger partial charge in [0.25, 0.3) is 0 Å². The van der Waals surface area contributed by atoms with Gasteiger partial charge in [-0.3, -0.25) is 0 Å². The largest absolute Gasteiger partial charge is 0.365 e. The van der Waals surface area contributed by atoms with Crippen molar-refractivity contribution in [3.8, 4) is 0 Å². The highest BCUT2D eigenvalue weighted by molar-refractivity contribution is 5.20. The first kappa shape index (κ1) is 11.5.